The topological polar surface area (TPSA) is 43.4 Å². The Bertz CT molecular complexity index is 220. The molecule has 1 fully saturated rings. The van der Waals surface area contributed by atoms with Crippen molar-refractivity contribution in [3.05, 3.63) is 0 Å². The summed E-state index contributed by atoms with van der Waals surface area (Å²) in [5.41, 5.74) is 0. The largest absolute Gasteiger partial charge is 0.468 e. The molecule has 0 amide bonds. The fourth-order valence-electron chi connectivity index (χ4n) is 1.80. The van der Waals surface area contributed by atoms with Crippen molar-refractivity contribution in [1.82, 2.24) is 0 Å². The van der Waals surface area contributed by atoms with Crippen molar-refractivity contribution in [2.75, 3.05) is 7.11 Å². The van der Waals surface area contributed by atoms with E-state index < -0.39 is 5.92 Å². The first-order chi connectivity index (χ1) is 6.06. The maximum absolute atomic E-state index is 11.4. The van der Waals surface area contributed by atoms with Crippen molar-refractivity contribution in [2.45, 2.75) is 26.7 Å². The molecule has 0 heterocycles. The monoisotopic (exact) mass is 184 g/mol. The highest BCUT2D eigenvalue weighted by Gasteiger charge is 2.38. The molecular weight excluding hydrogens is 168 g/mol. The number of ether oxygens (including phenoxy) is 1. The van der Waals surface area contributed by atoms with Gasteiger partial charge in [-0.2, -0.15) is 0 Å². The van der Waals surface area contributed by atoms with Crippen LogP contribution in [-0.2, 0) is 14.3 Å². The molecule has 0 N–H and O–H groups in total. The highest BCUT2D eigenvalue weighted by atomic mass is 16.5. The predicted octanol–water partition coefficient (Wildman–Crippen LogP) is 1.41. The normalized spacial score (nSPS) is 28.2. The molecule has 13 heavy (non-hydrogen) atoms. The Labute approximate surface area is 78.5 Å². The van der Waals surface area contributed by atoms with E-state index in [1.807, 2.05) is 0 Å². The van der Waals surface area contributed by atoms with Gasteiger partial charge in [0.1, 0.15) is 11.7 Å². The van der Waals surface area contributed by atoms with Gasteiger partial charge in [-0.3, -0.25) is 9.59 Å². The SMILES string of the molecule is COC(=O)C1C[C@H](C(C)C)CC1=O. The van der Waals surface area contributed by atoms with Crippen molar-refractivity contribution in [3.63, 3.8) is 0 Å². The summed E-state index contributed by atoms with van der Waals surface area (Å²) in [5, 5.41) is 0. The minimum absolute atomic E-state index is 0.0468. The zero-order valence-corrected chi connectivity index (χ0v) is 8.37. The quantitative estimate of drug-likeness (QED) is 0.481. The van der Waals surface area contributed by atoms with E-state index in [0.717, 1.165) is 0 Å². The Balaban J connectivity index is 2.61. The molecule has 0 aromatic carbocycles. The van der Waals surface area contributed by atoms with Crippen LogP contribution in [0.25, 0.3) is 0 Å². The van der Waals surface area contributed by atoms with E-state index in [4.69, 9.17) is 0 Å². The molecule has 3 nitrogen and oxygen atoms in total. The van der Waals surface area contributed by atoms with Gasteiger partial charge in [-0.1, -0.05) is 13.8 Å². The van der Waals surface area contributed by atoms with E-state index in [1.165, 1.54) is 7.11 Å². The zero-order valence-electron chi connectivity index (χ0n) is 8.37. The van der Waals surface area contributed by atoms with Crippen molar-refractivity contribution in [3.8, 4) is 0 Å². The molecule has 0 radical (unpaired) electrons. The van der Waals surface area contributed by atoms with Crippen molar-refractivity contribution >= 4 is 11.8 Å². The second kappa shape index (κ2) is 3.90. The highest BCUT2D eigenvalue weighted by molar-refractivity contribution is 6.00. The first-order valence-electron chi connectivity index (χ1n) is 4.66. The van der Waals surface area contributed by atoms with Crippen LogP contribution in [0.1, 0.15) is 26.7 Å². The number of carbonyl (C=O) groups is 2. The fraction of sp³-hybridized carbons (Fsp3) is 0.800. The van der Waals surface area contributed by atoms with Crippen LogP contribution < -0.4 is 0 Å². The van der Waals surface area contributed by atoms with Gasteiger partial charge in [-0.15, -0.1) is 0 Å². The number of esters is 1. The smallest absolute Gasteiger partial charge is 0.316 e. The van der Waals surface area contributed by atoms with Crippen molar-refractivity contribution in [2.24, 2.45) is 17.8 Å². The van der Waals surface area contributed by atoms with Crippen LogP contribution in [0.15, 0.2) is 0 Å². The van der Waals surface area contributed by atoms with E-state index in [9.17, 15) is 9.59 Å². The second-order valence-corrected chi connectivity index (χ2v) is 3.99. The molecular formula is C10H16O3. The molecule has 0 aromatic heterocycles. The van der Waals surface area contributed by atoms with Crippen LogP contribution in [0.3, 0.4) is 0 Å². The third-order valence-electron chi connectivity index (χ3n) is 2.82. The molecule has 3 heteroatoms. The van der Waals surface area contributed by atoms with Gasteiger partial charge >= 0.3 is 5.97 Å². The number of hydrogen-bond donors (Lipinski definition) is 0. The lowest BCUT2D eigenvalue weighted by Gasteiger charge is -2.12. The van der Waals surface area contributed by atoms with Gasteiger partial charge in [0.15, 0.2) is 0 Å². The first kappa shape index (κ1) is 10.2. The van der Waals surface area contributed by atoms with Gasteiger partial charge in [0.2, 0.25) is 0 Å². The maximum Gasteiger partial charge on any atom is 0.316 e. The summed E-state index contributed by atoms with van der Waals surface area (Å²) in [6, 6.07) is 0. The molecule has 0 bridgehead atoms. The van der Waals surface area contributed by atoms with Crippen LogP contribution in [0.4, 0.5) is 0 Å². The van der Waals surface area contributed by atoms with Gasteiger partial charge in [-0.25, -0.2) is 0 Å². The van der Waals surface area contributed by atoms with E-state index in [-0.39, 0.29) is 11.8 Å². The average molecular weight is 184 g/mol. The lowest BCUT2D eigenvalue weighted by atomic mass is 9.93. The minimum Gasteiger partial charge on any atom is -0.468 e. The lowest BCUT2D eigenvalue weighted by Crippen LogP contribution is -2.19. The molecule has 1 aliphatic rings. The minimum atomic E-state index is -0.489. The summed E-state index contributed by atoms with van der Waals surface area (Å²) in [6.45, 7) is 4.16. The van der Waals surface area contributed by atoms with Crippen molar-refractivity contribution < 1.29 is 14.3 Å². The first-order valence-corrected chi connectivity index (χ1v) is 4.66. The fourth-order valence-corrected chi connectivity index (χ4v) is 1.80. The lowest BCUT2D eigenvalue weighted by molar-refractivity contribution is -0.148. The Kier molecular flexibility index (Phi) is 3.07. The van der Waals surface area contributed by atoms with Gasteiger partial charge in [0, 0.05) is 6.42 Å². The average Bonchev–Trinajstić information content (AvgIpc) is 2.46. The van der Waals surface area contributed by atoms with Gasteiger partial charge in [-0.05, 0) is 18.3 Å². The number of carbonyl (C=O) groups excluding carboxylic acids is 2. The number of rotatable bonds is 2. The third-order valence-corrected chi connectivity index (χ3v) is 2.82. The molecule has 0 spiro atoms. The number of Topliss-reactive ketones (excluding diaryl/α,β-unsaturated/α-hetero) is 1. The van der Waals surface area contributed by atoms with E-state index in [0.29, 0.717) is 24.7 Å². The molecule has 1 rings (SSSR count). The summed E-state index contributed by atoms with van der Waals surface area (Å²) >= 11 is 0. The van der Waals surface area contributed by atoms with Crippen LogP contribution in [0.5, 0.6) is 0 Å². The predicted molar refractivity (Wildman–Crippen MR) is 48.1 cm³/mol. The molecule has 0 saturated heterocycles. The van der Waals surface area contributed by atoms with Crippen LogP contribution in [0.2, 0.25) is 0 Å². The Morgan fingerprint density at radius 3 is 2.54 bits per heavy atom. The molecule has 0 aromatic rings. The maximum atomic E-state index is 11.4. The van der Waals surface area contributed by atoms with Gasteiger partial charge in [0.25, 0.3) is 0 Å². The van der Waals surface area contributed by atoms with Crippen LogP contribution in [0, 0.1) is 17.8 Å². The van der Waals surface area contributed by atoms with Gasteiger partial charge < -0.3 is 4.74 Å². The summed E-state index contributed by atoms with van der Waals surface area (Å²) in [6.07, 6.45) is 1.21. The summed E-state index contributed by atoms with van der Waals surface area (Å²) in [4.78, 5) is 22.5. The number of ketones is 1. The molecule has 1 unspecified atom stereocenters. The molecule has 2 atom stereocenters. The third kappa shape index (κ3) is 2.08. The molecule has 1 saturated carbocycles. The Morgan fingerprint density at radius 2 is 2.15 bits per heavy atom. The Hall–Kier alpha value is -0.860. The summed E-state index contributed by atoms with van der Waals surface area (Å²) in [7, 11) is 1.33. The van der Waals surface area contributed by atoms with E-state index >= 15 is 0 Å². The summed E-state index contributed by atoms with van der Waals surface area (Å²) < 4.78 is 4.57. The van der Waals surface area contributed by atoms with E-state index in [2.05, 4.69) is 18.6 Å². The van der Waals surface area contributed by atoms with Crippen LogP contribution in [-0.4, -0.2) is 18.9 Å². The summed E-state index contributed by atoms with van der Waals surface area (Å²) in [5.74, 6) is 0.0197. The number of methoxy groups -OCH3 is 1. The van der Waals surface area contributed by atoms with E-state index in [1.54, 1.807) is 0 Å². The van der Waals surface area contributed by atoms with Crippen molar-refractivity contribution in [1.29, 1.82) is 0 Å². The van der Waals surface area contributed by atoms with Gasteiger partial charge in [0.05, 0.1) is 7.11 Å². The highest BCUT2D eigenvalue weighted by Crippen LogP contribution is 2.33. The molecule has 1 aliphatic carbocycles. The molecule has 74 valence electrons. The molecule has 0 aliphatic heterocycles. The second-order valence-electron chi connectivity index (χ2n) is 3.99. The number of hydrogen-bond acceptors (Lipinski definition) is 3. The zero-order chi connectivity index (χ0) is 10.0. The Morgan fingerprint density at radius 1 is 1.54 bits per heavy atom. The van der Waals surface area contributed by atoms with Crippen LogP contribution >= 0.6 is 0 Å². The standard InChI is InChI=1S/C10H16O3/c1-6(2)7-4-8(9(11)5-7)10(12)13-3/h6-8H,4-5H2,1-3H3/t7-,8?/m0/s1.